The standard InChI is InChI=1S/C2H8NO3P.2Na/c1-3-2-7(4,5)6;;/h3H,2H2,1H3,(H2,4,5,6);;/q;2*+1/p-2. The summed E-state index contributed by atoms with van der Waals surface area (Å²) in [6.45, 7) is 0. The minimum Gasteiger partial charge on any atom is -0.810 e. The first-order valence-corrected chi connectivity index (χ1v) is 3.45. The maximum absolute atomic E-state index is 9.64. The molecule has 44 valence electrons. The molecular formula is C2H6NNa2O3P. The SMILES string of the molecule is CNCP(=O)([O-])[O-].[Na+].[Na+]. The molecule has 0 saturated carbocycles. The van der Waals surface area contributed by atoms with Crippen molar-refractivity contribution in [2.45, 2.75) is 0 Å². The Hall–Kier alpha value is 2.11. The Morgan fingerprint density at radius 2 is 1.78 bits per heavy atom. The van der Waals surface area contributed by atoms with Crippen LogP contribution in [0.5, 0.6) is 0 Å². The third-order valence-electron chi connectivity index (χ3n) is 0.352. The molecule has 4 nitrogen and oxygen atoms in total. The monoisotopic (exact) mass is 169 g/mol. The molecule has 0 aromatic heterocycles. The molecule has 7 heteroatoms. The summed E-state index contributed by atoms with van der Waals surface area (Å²) in [5.41, 5.74) is 0. The van der Waals surface area contributed by atoms with Crippen molar-refractivity contribution < 1.29 is 73.5 Å². The second-order valence-corrected chi connectivity index (χ2v) is 2.66. The Balaban J connectivity index is -0.000000180. The van der Waals surface area contributed by atoms with Gasteiger partial charge in [-0.3, -0.25) is 0 Å². The van der Waals surface area contributed by atoms with Crippen molar-refractivity contribution >= 4 is 7.60 Å². The minimum absolute atomic E-state index is 0. The molecule has 0 amide bonds. The van der Waals surface area contributed by atoms with E-state index in [1.54, 1.807) is 0 Å². The van der Waals surface area contributed by atoms with Crippen LogP contribution in [0.25, 0.3) is 0 Å². The second-order valence-electron chi connectivity index (χ2n) is 1.12. The van der Waals surface area contributed by atoms with Gasteiger partial charge in [-0.05, 0) is 7.05 Å². The van der Waals surface area contributed by atoms with E-state index < -0.39 is 13.9 Å². The Kier molecular flexibility index (Phi) is 15.7. The van der Waals surface area contributed by atoms with E-state index in [1.165, 1.54) is 7.05 Å². The fourth-order valence-electron chi connectivity index (χ4n) is 0.194. The maximum Gasteiger partial charge on any atom is 1.00 e. The Labute approximate surface area is 98.5 Å². The van der Waals surface area contributed by atoms with Gasteiger partial charge in [-0.25, -0.2) is 0 Å². The van der Waals surface area contributed by atoms with Gasteiger partial charge in [0.15, 0.2) is 0 Å². The molecule has 0 saturated heterocycles. The second kappa shape index (κ2) is 8.21. The Morgan fingerprint density at radius 3 is 1.78 bits per heavy atom. The van der Waals surface area contributed by atoms with E-state index in [0.29, 0.717) is 0 Å². The molecule has 1 N–H and O–H groups in total. The van der Waals surface area contributed by atoms with Crippen LogP contribution in [-0.2, 0) is 4.57 Å². The molecule has 9 heavy (non-hydrogen) atoms. The molecule has 0 unspecified atom stereocenters. The molecule has 0 aromatic rings. The number of nitrogens with one attached hydrogen (secondary N) is 1. The van der Waals surface area contributed by atoms with Crippen LogP contribution < -0.4 is 74.2 Å². The van der Waals surface area contributed by atoms with E-state index in [0.717, 1.165) is 0 Å². The third kappa shape index (κ3) is 17.8. The fourth-order valence-corrected chi connectivity index (χ4v) is 0.581. The summed E-state index contributed by atoms with van der Waals surface area (Å²) in [6, 6.07) is 0. The van der Waals surface area contributed by atoms with Crippen molar-refractivity contribution in [1.29, 1.82) is 0 Å². The van der Waals surface area contributed by atoms with Crippen LogP contribution in [-0.4, -0.2) is 13.3 Å². The zero-order valence-electron chi connectivity index (χ0n) is 5.88. The minimum atomic E-state index is -4.28. The fraction of sp³-hybridized carbons (Fsp3) is 1.00. The van der Waals surface area contributed by atoms with Crippen LogP contribution in [0.4, 0.5) is 0 Å². The third-order valence-corrected chi connectivity index (χ3v) is 1.06. The van der Waals surface area contributed by atoms with Gasteiger partial charge in [-0.1, -0.05) is 7.60 Å². The van der Waals surface area contributed by atoms with Gasteiger partial charge in [-0.2, -0.15) is 0 Å². The van der Waals surface area contributed by atoms with Gasteiger partial charge in [0, 0.05) is 6.29 Å². The van der Waals surface area contributed by atoms with Crippen molar-refractivity contribution in [1.82, 2.24) is 5.32 Å². The zero-order valence-corrected chi connectivity index (χ0v) is 10.8. The van der Waals surface area contributed by atoms with E-state index >= 15 is 0 Å². The van der Waals surface area contributed by atoms with Crippen molar-refractivity contribution in [3.63, 3.8) is 0 Å². The molecule has 0 spiro atoms. The molecule has 0 aromatic carbocycles. The summed E-state index contributed by atoms with van der Waals surface area (Å²) >= 11 is 0. The first-order valence-electron chi connectivity index (χ1n) is 1.72. The molecule has 0 aliphatic carbocycles. The number of rotatable bonds is 2. The number of hydrogen-bond acceptors (Lipinski definition) is 4. The molecule has 0 rings (SSSR count). The normalized spacial score (nSPS) is 9.22. The Morgan fingerprint density at radius 1 is 1.44 bits per heavy atom. The summed E-state index contributed by atoms with van der Waals surface area (Å²) in [4.78, 5) is 19.3. The largest absolute Gasteiger partial charge is 1.00 e. The summed E-state index contributed by atoms with van der Waals surface area (Å²) in [7, 11) is -2.87. The van der Waals surface area contributed by atoms with Crippen molar-refractivity contribution in [2.75, 3.05) is 13.3 Å². The molecule has 0 bridgehead atoms. The van der Waals surface area contributed by atoms with E-state index in [-0.39, 0.29) is 59.1 Å². The van der Waals surface area contributed by atoms with Crippen molar-refractivity contribution in [2.24, 2.45) is 0 Å². The average Bonchev–Trinajstić information content (AvgIpc) is 1.30. The van der Waals surface area contributed by atoms with Crippen LogP contribution in [0, 0.1) is 0 Å². The average molecular weight is 169 g/mol. The summed E-state index contributed by atoms with van der Waals surface area (Å²) < 4.78 is 9.64. The summed E-state index contributed by atoms with van der Waals surface area (Å²) in [5.74, 6) is 0. The summed E-state index contributed by atoms with van der Waals surface area (Å²) in [6.07, 6.45) is -0.465. The van der Waals surface area contributed by atoms with Gasteiger partial charge in [0.2, 0.25) is 0 Å². The van der Waals surface area contributed by atoms with E-state index in [4.69, 9.17) is 0 Å². The molecular weight excluding hydrogens is 163 g/mol. The summed E-state index contributed by atoms with van der Waals surface area (Å²) in [5, 5.41) is 2.22. The van der Waals surface area contributed by atoms with Gasteiger partial charge in [0.05, 0.1) is 0 Å². The van der Waals surface area contributed by atoms with Crippen LogP contribution in [0.1, 0.15) is 0 Å². The Bertz CT molecular complexity index is 93.8. The van der Waals surface area contributed by atoms with Gasteiger partial charge in [0.25, 0.3) is 0 Å². The topological polar surface area (TPSA) is 75.2 Å². The predicted molar refractivity (Wildman–Crippen MR) is 21.5 cm³/mol. The van der Waals surface area contributed by atoms with Gasteiger partial charge < -0.3 is 19.7 Å². The van der Waals surface area contributed by atoms with Gasteiger partial charge in [0.1, 0.15) is 0 Å². The molecule has 0 aliphatic heterocycles. The first-order chi connectivity index (χ1) is 3.06. The maximum atomic E-state index is 9.64. The molecule has 0 aliphatic rings. The smallest absolute Gasteiger partial charge is 0.810 e. The van der Waals surface area contributed by atoms with E-state index in [2.05, 4.69) is 5.32 Å². The first kappa shape index (κ1) is 17.3. The van der Waals surface area contributed by atoms with E-state index in [9.17, 15) is 14.4 Å². The van der Waals surface area contributed by atoms with E-state index in [1.807, 2.05) is 0 Å². The van der Waals surface area contributed by atoms with Crippen LogP contribution in [0.15, 0.2) is 0 Å². The number of hydrogen-bond donors (Lipinski definition) is 1. The van der Waals surface area contributed by atoms with Crippen LogP contribution in [0.3, 0.4) is 0 Å². The van der Waals surface area contributed by atoms with Crippen molar-refractivity contribution in [3.05, 3.63) is 0 Å². The molecule has 0 heterocycles. The predicted octanol–water partition coefficient (Wildman–Crippen LogP) is -7.92. The van der Waals surface area contributed by atoms with Crippen LogP contribution in [0.2, 0.25) is 0 Å². The zero-order chi connectivity index (χ0) is 5.91. The molecule has 0 radical (unpaired) electrons. The quantitative estimate of drug-likeness (QED) is 0.329. The molecule has 0 atom stereocenters. The van der Waals surface area contributed by atoms with Gasteiger partial charge >= 0.3 is 59.1 Å². The van der Waals surface area contributed by atoms with Crippen LogP contribution >= 0.6 is 7.60 Å². The molecule has 0 fully saturated rings. The van der Waals surface area contributed by atoms with Gasteiger partial charge in [-0.15, -0.1) is 0 Å². The van der Waals surface area contributed by atoms with Crippen molar-refractivity contribution in [3.8, 4) is 0 Å².